The largest absolute Gasteiger partial charge is 0.585 e. The standard InChI is InChI=1S/C13H16NO3P/c1-3-16-10-18(15)17-12-7-6-11-5-4-8-14(2)13(11)9-12/h4-9H,3,10H2,1-2H3/q+2. The van der Waals surface area contributed by atoms with Crippen LogP contribution in [0.4, 0.5) is 0 Å². The summed E-state index contributed by atoms with van der Waals surface area (Å²) in [5, 5.41) is 1.12. The van der Waals surface area contributed by atoms with E-state index in [1.165, 1.54) is 0 Å². The van der Waals surface area contributed by atoms with Crippen LogP contribution < -0.4 is 9.09 Å². The Kier molecular flexibility index (Phi) is 4.24. The third-order valence-corrected chi connectivity index (χ3v) is 3.38. The fourth-order valence-electron chi connectivity index (χ4n) is 1.69. The number of benzene rings is 1. The molecule has 1 aromatic carbocycles. The Bertz CT molecular complexity index is 571. The lowest BCUT2D eigenvalue weighted by atomic mass is 10.2. The van der Waals surface area contributed by atoms with Crippen molar-refractivity contribution in [2.75, 3.05) is 13.0 Å². The van der Waals surface area contributed by atoms with Gasteiger partial charge in [0.25, 0.3) is 6.35 Å². The zero-order chi connectivity index (χ0) is 13.0. The SMILES string of the molecule is CCOC[P+](=O)Oc1ccc2ccc[n+](C)c2c1. The van der Waals surface area contributed by atoms with Crippen LogP contribution >= 0.6 is 8.03 Å². The number of nitrogens with zero attached hydrogens (tertiary/aromatic N) is 1. The Hall–Kier alpha value is -1.51. The first kappa shape index (κ1) is 12.9. The minimum atomic E-state index is -1.81. The molecule has 94 valence electrons. The van der Waals surface area contributed by atoms with Gasteiger partial charge in [0.1, 0.15) is 7.05 Å². The zero-order valence-corrected chi connectivity index (χ0v) is 11.4. The molecule has 1 heterocycles. The molecule has 5 heteroatoms. The summed E-state index contributed by atoms with van der Waals surface area (Å²) in [4.78, 5) is 0. The average molecular weight is 265 g/mol. The van der Waals surface area contributed by atoms with E-state index in [2.05, 4.69) is 0 Å². The Balaban J connectivity index is 2.19. The van der Waals surface area contributed by atoms with Gasteiger partial charge in [-0.3, -0.25) is 4.52 Å². The first-order chi connectivity index (χ1) is 8.70. The predicted molar refractivity (Wildman–Crippen MR) is 69.9 cm³/mol. The maximum absolute atomic E-state index is 11.6. The van der Waals surface area contributed by atoms with E-state index in [-0.39, 0.29) is 6.35 Å². The second-order valence-corrected chi connectivity index (χ2v) is 4.99. The molecule has 0 fully saturated rings. The average Bonchev–Trinajstić information content (AvgIpc) is 2.37. The number of hydrogen-bond donors (Lipinski definition) is 0. The first-order valence-corrected chi connectivity index (χ1v) is 7.16. The molecular formula is C13H16NO3P+2. The van der Waals surface area contributed by atoms with Crippen LogP contribution in [-0.4, -0.2) is 13.0 Å². The molecule has 0 saturated heterocycles. The molecular weight excluding hydrogens is 249 g/mol. The van der Waals surface area contributed by atoms with Gasteiger partial charge in [-0.25, -0.2) is 4.57 Å². The molecule has 0 spiro atoms. The normalized spacial score (nSPS) is 11.6. The van der Waals surface area contributed by atoms with Gasteiger partial charge in [-0.2, -0.15) is 0 Å². The van der Waals surface area contributed by atoms with E-state index in [0.29, 0.717) is 12.4 Å². The first-order valence-electron chi connectivity index (χ1n) is 5.79. The third-order valence-electron chi connectivity index (χ3n) is 2.58. The van der Waals surface area contributed by atoms with Crippen molar-refractivity contribution >= 4 is 18.9 Å². The van der Waals surface area contributed by atoms with Crippen molar-refractivity contribution in [1.82, 2.24) is 0 Å². The molecule has 1 unspecified atom stereocenters. The molecule has 1 atom stereocenters. The van der Waals surface area contributed by atoms with Crippen molar-refractivity contribution in [3.63, 3.8) is 0 Å². The van der Waals surface area contributed by atoms with Gasteiger partial charge >= 0.3 is 8.03 Å². The van der Waals surface area contributed by atoms with Gasteiger partial charge in [0.05, 0.1) is 6.07 Å². The van der Waals surface area contributed by atoms with Crippen LogP contribution in [0.25, 0.3) is 10.9 Å². The second-order valence-electron chi connectivity index (χ2n) is 3.89. The molecule has 18 heavy (non-hydrogen) atoms. The van der Waals surface area contributed by atoms with Crippen LogP contribution in [-0.2, 0) is 16.3 Å². The smallest absolute Gasteiger partial charge is 0.335 e. The molecule has 0 saturated carbocycles. The van der Waals surface area contributed by atoms with Crippen LogP contribution in [0, 0.1) is 0 Å². The van der Waals surface area contributed by atoms with Gasteiger partial charge in [0, 0.05) is 18.1 Å². The van der Waals surface area contributed by atoms with Crippen molar-refractivity contribution in [3.8, 4) is 5.75 Å². The van der Waals surface area contributed by atoms with E-state index in [1.54, 1.807) is 0 Å². The maximum Gasteiger partial charge on any atom is 0.585 e. The van der Waals surface area contributed by atoms with E-state index in [1.807, 2.05) is 55.1 Å². The van der Waals surface area contributed by atoms with Crippen molar-refractivity contribution in [2.45, 2.75) is 6.92 Å². The van der Waals surface area contributed by atoms with Gasteiger partial charge in [0.2, 0.25) is 5.52 Å². The third kappa shape index (κ3) is 3.03. The van der Waals surface area contributed by atoms with Crippen LogP contribution in [0.1, 0.15) is 6.92 Å². The second kappa shape index (κ2) is 5.89. The highest BCUT2D eigenvalue weighted by Crippen LogP contribution is 2.28. The summed E-state index contributed by atoms with van der Waals surface area (Å²) in [6.07, 6.45) is 2.09. The number of fused-ring (bicyclic) bond motifs is 1. The van der Waals surface area contributed by atoms with E-state index < -0.39 is 8.03 Å². The summed E-state index contributed by atoms with van der Waals surface area (Å²) >= 11 is 0. The molecule has 4 nitrogen and oxygen atoms in total. The fourth-order valence-corrected chi connectivity index (χ4v) is 2.43. The number of hydrogen-bond acceptors (Lipinski definition) is 3. The number of pyridine rings is 1. The highest BCUT2D eigenvalue weighted by atomic mass is 31.1. The van der Waals surface area contributed by atoms with E-state index in [9.17, 15) is 4.57 Å². The Labute approximate surface area is 107 Å². The zero-order valence-electron chi connectivity index (χ0n) is 10.5. The Morgan fingerprint density at radius 2 is 2.17 bits per heavy atom. The summed E-state index contributed by atoms with van der Waals surface area (Å²) in [5.41, 5.74) is 1.04. The maximum atomic E-state index is 11.6. The lowest BCUT2D eigenvalue weighted by Gasteiger charge is -1.98. The van der Waals surface area contributed by atoms with E-state index in [0.717, 1.165) is 10.9 Å². The summed E-state index contributed by atoms with van der Waals surface area (Å²) in [5.74, 6) is 0.602. The van der Waals surface area contributed by atoms with Crippen molar-refractivity contribution in [1.29, 1.82) is 0 Å². The molecule has 2 aromatic rings. The summed E-state index contributed by atoms with van der Waals surface area (Å²) < 4.78 is 24.0. The van der Waals surface area contributed by atoms with Gasteiger partial charge in [-0.15, -0.1) is 0 Å². The molecule has 0 aliphatic heterocycles. The van der Waals surface area contributed by atoms with Crippen LogP contribution in [0.3, 0.4) is 0 Å². The number of aryl methyl sites for hydroxylation is 1. The van der Waals surface area contributed by atoms with Crippen molar-refractivity contribution in [2.24, 2.45) is 7.05 Å². The molecule has 0 aliphatic carbocycles. The summed E-state index contributed by atoms with van der Waals surface area (Å²) in [7, 11) is 0.155. The van der Waals surface area contributed by atoms with Crippen LogP contribution in [0.5, 0.6) is 5.75 Å². The molecule has 0 amide bonds. The quantitative estimate of drug-likeness (QED) is 0.616. The molecule has 2 rings (SSSR count). The molecule has 0 aliphatic rings. The Morgan fingerprint density at radius 3 is 2.94 bits per heavy atom. The molecule has 0 radical (unpaired) electrons. The highest BCUT2D eigenvalue weighted by molar-refractivity contribution is 7.39. The van der Waals surface area contributed by atoms with Gasteiger partial charge in [-0.1, -0.05) is 0 Å². The number of ether oxygens (including phenoxy) is 1. The van der Waals surface area contributed by atoms with Crippen LogP contribution in [0.15, 0.2) is 36.5 Å². The molecule has 1 aromatic heterocycles. The fraction of sp³-hybridized carbons (Fsp3) is 0.308. The lowest BCUT2D eigenvalue weighted by Crippen LogP contribution is -2.27. The minimum absolute atomic E-state index is 0.130. The highest BCUT2D eigenvalue weighted by Gasteiger charge is 2.20. The van der Waals surface area contributed by atoms with Crippen LogP contribution in [0.2, 0.25) is 0 Å². The topological polar surface area (TPSA) is 39.4 Å². The van der Waals surface area contributed by atoms with E-state index >= 15 is 0 Å². The van der Waals surface area contributed by atoms with Crippen molar-refractivity contribution < 1.29 is 18.4 Å². The van der Waals surface area contributed by atoms with Crippen molar-refractivity contribution in [3.05, 3.63) is 36.5 Å². The predicted octanol–water partition coefficient (Wildman–Crippen LogP) is 2.78. The molecule has 0 bridgehead atoms. The van der Waals surface area contributed by atoms with Gasteiger partial charge < -0.3 is 4.74 Å². The minimum Gasteiger partial charge on any atom is -0.335 e. The summed E-state index contributed by atoms with van der Waals surface area (Å²) in [6, 6.07) is 9.67. The lowest BCUT2D eigenvalue weighted by molar-refractivity contribution is -0.644. The van der Waals surface area contributed by atoms with Gasteiger partial charge in [0.15, 0.2) is 11.9 Å². The van der Waals surface area contributed by atoms with E-state index in [4.69, 9.17) is 9.26 Å². The number of rotatable bonds is 5. The summed E-state index contributed by atoms with van der Waals surface area (Å²) in [6.45, 7) is 2.40. The monoisotopic (exact) mass is 265 g/mol. The number of aromatic nitrogens is 1. The Morgan fingerprint density at radius 1 is 1.33 bits per heavy atom. The van der Waals surface area contributed by atoms with Gasteiger partial charge in [-0.05, 0) is 29.7 Å². The molecule has 0 N–H and O–H groups in total.